The van der Waals surface area contributed by atoms with Crippen molar-refractivity contribution in [3.63, 3.8) is 0 Å². The Bertz CT molecular complexity index is 834. The van der Waals surface area contributed by atoms with Crippen LogP contribution in [0.4, 0.5) is 17.1 Å². The lowest BCUT2D eigenvalue weighted by atomic mass is 10.1. The second kappa shape index (κ2) is 6.73. The van der Waals surface area contributed by atoms with Crippen LogP contribution < -0.4 is 10.1 Å². The molecule has 24 heavy (non-hydrogen) atoms. The fourth-order valence-electron chi connectivity index (χ4n) is 2.04. The van der Waals surface area contributed by atoms with Crippen molar-refractivity contribution in [3.05, 3.63) is 67.8 Å². The molecule has 0 fully saturated rings. The molecular formula is C15H13N3O6. The fraction of sp³-hybridized carbons (Fsp3) is 0.133. The standard InChI is InChI=1S/C15H13N3O6/c1-9-3-4-10(7-13(9)17(20)21)15(19)16-12-6-5-11(24-2)8-14(12)18(22)23/h3-8H,1-2H3,(H,16,19). The van der Waals surface area contributed by atoms with E-state index in [9.17, 15) is 25.0 Å². The predicted molar refractivity (Wildman–Crippen MR) is 85.4 cm³/mol. The highest BCUT2D eigenvalue weighted by Gasteiger charge is 2.20. The van der Waals surface area contributed by atoms with Gasteiger partial charge in [-0.3, -0.25) is 25.0 Å². The third-order valence-corrected chi connectivity index (χ3v) is 3.32. The van der Waals surface area contributed by atoms with E-state index in [0.717, 1.165) is 6.07 Å². The molecule has 0 aliphatic heterocycles. The van der Waals surface area contributed by atoms with Crippen molar-refractivity contribution < 1.29 is 19.4 Å². The molecule has 2 aromatic carbocycles. The van der Waals surface area contributed by atoms with Crippen LogP contribution in [0.2, 0.25) is 0 Å². The van der Waals surface area contributed by atoms with Gasteiger partial charge in [-0.2, -0.15) is 0 Å². The van der Waals surface area contributed by atoms with E-state index in [1.165, 1.54) is 37.4 Å². The first-order valence-corrected chi connectivity index (χ1v) is 6.72. The highest BCUT2D eigenvalue weighted by molar-refractivity contribution is 6.05. The first-order valence-electron chi connectivity index (χ1n) is 6.72. The SMILES string of the molecule is COc1ccc(NC(=O)c2ccc(C)c([N+](=O)[O-])c2)c([N+](=O)[O-])c1. The molecule has 124 valence electrons. The molecule has 0 bridgehead atoms. The number of amides is 1. The molecule has 0 saturated carbocycles. The molecule has 1 N–H and O–H groups in total. The van der Waals surface area contributed by atoms with Crippen molar-refractivity contribution in [2.75, 3.05) is 12.4 Å². The summed E-state index contributed by atoms with van der Waals surface area (Å²) in [6.45, 7) is 1.55. The van der Waals surface area contributed by atoms with Crippen molar-refractivity contribution >= 4 is 23.0 Å². The van der Waals surface area contributed by atoms with Gasteiger partial charge in [-0.25, -0.2) is 0 Å². The number of aryl methyl sites for hydroxylation is 1. The molecule has 0 aliphatic rings. The van der Waals surface area contributed by atoms with Gasteiger partial charge in [-0.15, -0.1) is 0 Å². The van der Waals surface area contributed by atoms with Crippen LogP contribution in [0.5, 0.6) is 5.75 Å². The van der Waals surface area contributed by atoms with Gasteiger partial charge in [0.15, 0.2) is 0 Å². The number of nitro groups is 2. The zero-order chi connectivity index (χ0) is 17.9. The number of hydrogen-bond donors (Lipinski definition) is 1. The van der Waals surface area contributed by atoms with E-state index in [2.05, 4.69) is 5.32 Å². The maximum atomic E-state index is 12.2. The molecule has 2 aromatic rings. The summed E-state index contributed by atoms with van der Waals surface area (Å²) >= 11 is 0. The number of rotatable bonds is 5. The summed E-state index contributed by atoms with van der Waals surface area (Å²) in [5.74, 6) is -0.419. The van der Waals surface area contributed by atoms with Crippen molar-refractivity contribution in [1.29, 1.82) is 0 Å². The first kappa shape index (κ1) is 16.9. The second-order valence-electron chi connectivity index (χ2n) is 4.85. The molecule has 9 heteroatoms. The van der Waals surface area contributed by atoms with Gasteiger partial charge in [0.05, 0.1) is 23.0 Å². The van der Waals surface area contributed by atoms with Crippen molar-refractivity contribution in [3.8, 4) is 5.75 Å². The van der Waals surface area contributed by atoms with Crippen molar-refractivity contribution in [2.45, 2.75) is 6.92 Å². The topological polar surface area (TPSA) is 125 Å². The minimum Gasteiger partial charge on any atom is -0.496 e. The Morgan fingerprint density at radius 3 is 2.29 bits per heavy atom. The smallest absolute Gasteiger partial charge is 0.296 e. The molecule has 2 rings (SSSR count). The fourth-order valence-corrected chi connectivity index (χ4v) is 2.04. The third kappa shape index (κ3) is 3.46. The summed E-state index contributed by atoms with van der Waals surface area (Å²) in [4.78, 5) is 33.0. The van der Waals surface area contributed by atoms with Gasteiger partial charge >= 0.3 is 0 Å². The van der Waals surface area contributed by atoms with Crippen LogP contribution in [0.1, 0.15) is 15.9 Å². The molecule has 0 radical (unpaired) electrons. The number of nitrogens with one attached hydrogen (secondary N) is 1. The van der Waals surface area contributed by atoms with Gasteiger partial charge in [0.2, 0.25) is 0 Å². The highest BCUT2D eigenvalue weighted by atomic mass is 16.6. The third-order valence-electron chi connectivity index (χ3n) is 3.32. The van der Waals surface area contributed by atoms with Crippen molar-refractivity contribution in [1.82, 2.24) is 0 Å². The number of carbonyl (C=O) groups is 1. The van der Waals surface area contributed by atoms with E-state index in [1.54, 1.807) is 6.92 Å². The number of nitrogens with zero attached hydrogens (tertiary/aromatic N) is 2. The van der Waals surface area contributed by atoms with Crippen LogP contribution >= 0.6 is 0 Å². The Labute approximate surface area is 136 Å². The lowest BCUT2D eigenvalue weighted by Gasteiger charge is -2.08. The molecule has 0 atom stereocenters. The minimum absolute atomic E-state index is 0.0254. The minimum atomic E-state index is -0.689. The number of nitro benzene ring substituents is 2. The number of benzene rings is 2. The van der Waals surface area contributed by atoms with Gasteiger partial charge in [0.25, 0.3) is 17.3 Å². The maximum Gasteiger partial charge on any atom is 0.296 e. The van der Waals surface area contributed by atoms with Crippen LogP contribution in [0.25, 0.3) is 0 Å². The molecule has 0 saturated heterocycles. The summed E-state index contributed by atoms with van der Waals surface area (Å²) < 4.78 is 4.91. The van der Waals surface area contributed by atoms with Gasteiger partial charge < -0.3 is 10.1 Å². The quantitative estimate of drug-likeness (QED) is 0.663. The second-order valence-corrected chi connectivity index (χ2v) is 4.85. The number of carbonyl (C=O) groups excluding carboxylic acids is 1. The number of methoxy groups -OCH3 is 1. The molecule has 0 spiro atoms. The predicted octanol–water partition coefficient (Wildman–Crippen LogP) is 3.07. The Hall–Kier alpha value is -3.49. The average Bonchev–Trinajstić information content (AvgIpc) is 2.55. The Balaban J connectivity index is 2.35. The molecule has 1 amide bonds. The van der Waals surface area contributed by atoms with Crippen LogP contribution in [0, 0.1) is 27.2 Å². The van der Waals surface area contributed by atoms with E-state index in [-0.39, 0.29) is 28.4 Å². The van der Waals surface area contributed by atoms with E-state index >= 15 is 0 Å². The zero-order valence-corrected chi connectivity index (χ0v) is 12.8. The summed E-state index contributed by atoms with van der Waals surface area (Å²) in [6.07, 6.45) is 0. The van der Waals surface area contributed by atoms with Gasteiger partial charge in [0.1, 0.15) is 11.4 Å². The molecular weight excluding hydrogens is 318 g/mol. The monoisotopic (exact) mass is 331 g/mol. The Morgan fingerprint density at radius 2 is 1.71 bits per heavy atom. The number of hydrogen-bond acceptors (Lipinski definition) is 6. The summed E-state index contributed by atoms with van der Waals surface area (Å²) in [7, 11) is 1.36. The van der Waals surface area contributed by atoms with E-state index in [1.807, 2.05) is 0 Å². The first-order chi connectivity index (χ1) is 11.3. The van der Waals surface area contributed by atoms with E-state index in [0.29, 0.717) is 5.56 Å². The normalized spacial score (nSPS) is 10.1. The zero-order valence-electron chi connectivity index (χ0n) is 12.8. The molecule has 0 heterocycles. The molecule has 9 nitrogen and oxygen atoms in total. The van der Waals surface area contributed by atoms with E-state index in [4.69, 9.17) is 4.74 Å². The molecule has 0 aromatic heterocycles. The maximum absolute atomic E-state index is 12.2. The lowest BCUT2D eigenvalue weighted by Crippen LogP contribution is -2.13. The summed E-state index contributed by atoms with van der Waals surface area (Å²) in [5.41, 5.74) is -0.144. The number of anilines is 1. The van der Waals surface area contributed by atoms with E-state index < -0.39 is 15.8 Å². The van der Waals surface area contributed by atoms with Crippen LogP contribution in [0.15, 0.2) is 36.4 Å². The Kier molecular flexibility index (Phi) is 4.73. The summed E-state index contributed by atoms with van der Waals surface area (Å²) in [6, 6.07) is 7.94. The molecule has 0 unspecified atom stereocenters. The Morgan fingerprint density at radius 1 is 1.04 bits per heavy atom. The van der Waals surface area contributed by atoms with Crippen molar-refractivity contribution in [2.24, 2.45) is 0 Å². The highest BCUT2D eigenvalue weighted by Crippen LogP contribution is 2.29. The largest absolute Gasteiger partial charge is 0.496 e. The lowest BCUT2D eigenvalue weighted by molar-refractivity contribution is -0.385. The van der Waals surface area contributed by atoms with Crippen LogP contribution in [0.3, 0.4) is 0 Å². The summed E-state index contributed by atoms with van der Waals surface area (Å²) in [5, 5.41) is 24.4. The average molecular weight is 331 g/mol. The van der Waals surface area contributed by atoms with Gasteiger partial charge in [-0.1, -0.05) is 6.07 Å². The van der Waals surface area contributed by atoms with Crippen LogP contribution in [-0.2, 0) is 0 Å². The van der Waals surface area contributed by atoms with Gasteiger partial charge in [0, 0.05) is 17.2 Å². The molecule has 0 aliphatic carbocycles. The van der Waals surface area contributed by atoms with Crippen LogP contribution in [-0.4, -0.2) is 22.9 Å². The number of ether oxygens (including phenoxy) is 1. The van der Waals surface area contributed by atoms with Gasteiger partial charge in [-0.05, 0) is 25.1 Å².